The Morgan fingerprint density at radius 3 is 2.17 bits per heavy atom. The predicted octanol–water partition coefficient (Wildman–Crippen LogP) is 2.75. The molecule has 2 nitrogen and oxygen atoms in total. The lowest BCUT2D eigenvalue weighted by molar-refractivity contribution is -0.249. The summed E-state index contributed by atoms with van der Waals surface area (Å²) in [6.07, 6.45) is -5.14. The minimum absolute atomic E-state index is 0.412. The highest BCUT2D eigenvalue weighted by molar-refractivity contribution is 5.77. The number of alkyl halides is 4. The Morgan fingerprint density at radius 1 is 1.28 bits per heavy atom. The van der Waals surface area contributed by atoms with Gasteiger partial charge in [0.25, 0.3) is 0 Å². The first-order valence-corrected chi connectivity index (χ1v) is 5.15. The summed E-state index contributed by atoms with van der Waals surface area (Å²) in [6.45, 7) is 0.954. The molecule has 1 aromatic rings. The van der Waals surface area contributed by atoms with Crippen molar-refractivity contribution in [2.75, 3.05) is 0 Å². The molecule has 0 fully saturated rings. The van der Waals surface area contributed by atoms with Gasteiger partial charge in [0.15, 0.2) is 5.60 Å². The number of benzene rings is 1. The molecular formula is C12H12F4O2. The van der Waals surface area contributed by atoms with Crippen LogP contribution in [-0.4, -0.2) is 23.2 Å². The maximum atomic E-state index is 13.5. The number of carbonyl (C=O) groups is 1. The van der Waals surface area contributed by atoms with Crippen LogP contribution in [0.5, 0.6) is 0 Å². The Bertz CT molecular complexity index is 419. The zero-order valence-corrected chi connectivity index (χ0v) is 9.54. The Balaban J connectivity index is 3.32. The van der Waals surface area contributed by atoms with Gasteiger partial charge in [-0.2, -0.15) is 8.78 Å². The van der Waals surface area contributed by atoms with Gasteiger partial charge in [-0.05, 0) is 12.5 Å². The third kappa shape index (κ3) is 2.53. The second-order valence-electron chi connectivity index (χ2n) is 4.03. The summed E-state index contributed by atoms with van der Waals surface area (Å²) in [6, 6.07) is 6.29. The summed E-state index contributed by atoms with van der Waals surface area (Å²) in [5, 5.41) is 9.90. The number of halogens is 4. The maximum absolute atomic E-state index is 13.5. The van der Waals surface area contributed by atoms with E-state index in [9.17, 15) is 27.5 Å². The third-order valence-corrected chi connectivity index (χ3v) is 2.58. The van der Waals surface area contributed by atoms with Crippen molar-refractivity contribution in [1.82, 2.24) is 0 Å². The fourth-order valence-corrected chi connectivity index (χ4v) is 1.67. The zero-order valence-electron chi connectivity index (χ0n) is 9.54. The van der Waals surface area contributed by atoms with Gasteiger partial charge in [-0.3, -0.25) is 4.79 Å². The Labute approximate surface area is 101 Å². The van der Waals surface area contributed by atoms with Crippen molar-refractivity contribution in [3.8, 4) is 0 Å². The molecule has 0 aliphatic rings. The van der Waals surface area contributed by atoms with Crippen LogP contribution >= 0.6 is 0 Å². The third-order valence-electron chi connectivity index (χ3n) is 2.58. The first-order valence-electron chi connectivity index (χ1n) is 5.15. The molecular weight excluding hydrogens is 252 g/mol. The molecule has 0 aromatic heterocycles. The van der Waals surface area contributed by atoms with Crippen LogP contribution in [0.1, 0.15) is 18.9 Å². The van der Waals surface area contributed by atoms with Gasteiger partial charge in [0.1, 0.15) is 5.78 Å². The second kappa shape index (κ2) is 5.06. The summed E-state index contributed by atoms with van der Waals surface area (Å²) in [5.74, 6) is -5.51. The molecule has 0 aliphatic heterocycles. The van der Waals surface area contributed by atoms with Crippen molar-refractivity contribution in [1.29, 1.82) is 0 Å². The van der Waals surface area contributed by atoms with E-state index in [1.54, 1.807) is 0 Å². The summed E-state index contributed by atoms with van der Waals surface area (Å²) >= 11 is 0. The first kappa shape index (κ1) is 14.6. The van der Waals surface area contributed by atoms with Crippen LogP contribution in [0.2, 0.25) is 0 Å². The molecule has 0 aliphatic carbocycles. The number of aliphatic hydroxyl groups is 1. The maximum Gasteiger partial charge on any atom is 0.339 e. The lowest BCUT2D eigenvalue weighted by atomic mass is 9.83. The quantitative estimate of drug-likeness (QED) is 0.830. The minimum atomic E-state index is -4.71. The molecule has 1 N–H and O–H groups in total. The average Bonchev–Trinajstić information content (AvgIpc) is 2.28. The normalized spacial score (nSPS) is 15.5. The smallest absolute Gasteiger partial charge is 0.339 e. The van der Waals surface area contributed by atoms with Crippen molar-refractivity contribution in [2.45, 2.75) is 31.3 Å². The summed E-state index contributed by atoms with van der Waals surface area (Å²) in [5.41, 5.74) is -3.61. The van der Waals surface area contributed by atoms with E-state index in [2.05, 4.69) is 0 Å². The van der Waals surface area contributed by atoms with Gasteiger partial charge in [0, 0.05) is 6.42 Å². The SMILES string of the molecule is CC(=O)CC(O)(c1ccccc1)C(F)(F)C(F)F. The van der Waals surface area contributed by atoms with Gasteiger partial charge in [-0.15, -0.1) is 0 Å². The van der Waals surface area contributed by atoms with E-state index in [1.165, 1.54) is 18.2 Å². The first-order chi connectivity index (χ1) is 8.22. The molecule has 0 amide bonds. The largest absolute Gasteiger partial charge is 0.378 e. The number of rotatable bonds is 5. The molecule has 0 heterocycles. The predicted molar refractivity (Wildman–Crippen MR) is 56.6 cm³/mol. The standard InChI is InChI=1S/C12H12F4O2/c1-8(17)7-11(18,12(15,16)10(13)14)9-5-3-2-4-6-9/h2-6,10,18H,7H2,1H3. The Hall–Kier alpha value is -1.43. The number of carbonyl (C=O) groups excluding carboxylic acids is 1. The highest BCUT2D eigenvalue weighted by Gasteiger charge is 2.60. The van der Waals surface area contributed by atoms with E-state index in [4.69, 9.17) is 0 Å². The molecule has 18 heavy (non-hydrogen) atoms. The van der Waals surface area contributed by atoms with E-state index in [1.807, 2.05) is 0 Å². The van der Waals surface area contributed by atoms with Crippen molar-refractivity contribution >= 4 is 5.78 Å². The van der Waals surface area contributed by atoms with Gasteiger partial charge < -0.3 is 5.11 Å². The van der Waals surface area contributed by atoms with E-state index < -0.39 is 35.7 Å². The molecule has 0 radical (unpaired) electrons. The van der Waals surface area contributed by atoms with E-state index >= 15 is 0 Å². The van der Waals surface area contributed by atoms with Crippen LogP contribution in [0.3, 0.4) is 0 Å². The van der Waals surface area contributed by atoms with Crippen molar-refractivity contribution in [3.05, 3.63) is 35.9 Å². The topological polar surface area (TPSA) is 37.3 Å². The molecule has 1 aromatic carbocycles. The molecule has 1 rings (SSSR count). The van der Waals surface area contributed by atoms with E-state index in [0.717, 1.165) is 19.1 Å². The van der Waals surface area contributed by atoms with Crippen LogP contribution in [0, 0.1) is 0 Å². The van der Waals surface area contributed by atoms with Crippen LogP contribution in [0.15, 0.2) is 30.3 Å². The Kier molecular flexibility index (Phi) is 4.11. The molecule has 6 heteroatoms. The van der Waals surface area contributed by atoms with Gasteiger partial charge >= 0.3 is 12.3 Å². The van der Waals surface area contributed by atoms with E-state index in [-0.39, 0.29) is 0 Å². The van der Waals surface area contributed by atoms with Gasteiger partial charge in [0.2, 0.25) is 0 Å². The van der Waals surface area contributed by atoms with E-state index in [0.29, 0.717) is 0 Å². The second-order valence-corrected chi connectivity index (χ2v) is 4.03. The van der Waals surface area contributed by atoms with Crippen molar-refractivity contribution in [3.63, 3.8) is 0 Å². The number of Topliss-reactive ketones (excluding diaryl/α,β-unsaturated/α-hetero) is 1. The molecule has 100 valence electrons. The average molecular weight is 264 g/mol. The molecule has 0 saturated heterocycles. The summed E-state index contributed by atoms with van der Waals surface area (Å²) in [4.78, 5) is 11.0. The Morgan fingerprint density at radius 2 is 1.78 bits per heavy atom. The summed E-state index contributed by atoms with van der Waals surface area (Å²) in [7, 11) is 0. The van der Waals surface area contributed by atoms with Crippen LogP contribution in [0.4, 0.5) is 17.6 Å². The van der Waals surface area contributed by atoms with Gasteiger partial charge in [-0.25, -0.2) is 8.78 Å². The van der Waals surface area contributed by atoms with Crippen LogP contribution in [0.25, 0.3) is 0 Å². The molecule has 0 bridgehead atoms. The molecule has 0 spiro atoms. The zero-order chi connectivity index (χ0) is 14.0. The van der Waals surface area contributed by atoms with Crippen molar-refractivity contribution in [2.24, 2.45) is 0 Å². The monoisotopic (exact) mass is 264 g/mol. The number of hydrogen-bond donors (Lipinski definition) is 1. The van der Waals surface area contributed by atoms with Crippen LogP contribution in [-0.2, 0) is 10.4 Å². The highest BCUT2D eigenvalue weighted by atomic mass is 19.3. The van der Waals surface area contributed by atoms with Crippen LogP contribution < -0.4 is 0 Å². The fourth-order valence-electron chi connectivity index (χ4n) is 1.67. The minimum Gasteiger partial charge on any atom is -0.378 e. The van der Waals surface area contributed by atoms with Gasteiger partial charge in [0.05, 0.1) is 0 Å². The highest BCUT2D eigenvalue weighted by Crippen LogP contribution is 2.44. The van der Waals surface area contributed by atoms with Gasteiger partial charge in [-0.1, -0.05) is 30.3 Å². The number of hydrogen-bond acceptors (Lipinski definition) is 2. The fraction of sp³-hybridized carbons (Fsp3) is 0.417. The lowest BCUT2D eigenvalue weighted by Crippen LogP contribution is -2.51. The van der Waals surface area contributed by atoms with Crippen molar-refractivity contribution < 1.29 is 27.5 Å². The molecule has 1 unspecified atom stereocenters. The summed E-state index contributed by atoms with van der Waals surface area (Å²) < 4.78 is 51.8. The number of ketones is 1. The lowest BCUT2D eigenvalue weighted by Gasteiger charge is -2.35. The molecule has 1 atom stereocenters. The molecule has 0 saturated carbocycles.